The van der Waals surface area contributed by atoms with Crippen molar-refractivity contribution < 1.29 is 18.3 Å². The van der Waals surface area contributed by atoms with Crippen LogP contribution in [0.1, 0.15) is 0 Å². The number of anilines is 2. The number of nitrogens with one attached hydrogen (secondary N) is 2. The normalized spacial score (nSPS) is 10.4. The van der Waals surface area contributed by atoms with Gasteiger partial charge in [-0.1, -0.05) is 0 Å². The van der Waals surface area contributed by atoms with E-state index >= 15 is 0 Å². The van der Waals surface area contributed by atoms with Crippen molar-refractivity contribution in [1.29, 1.82) is 0 Å². The maximum absolute atomic E-state index is 13.3. The fourth-order valence-corrected chi connectivity index (χ4v) is 1.25. The first-order valence-electron chi connectivity index (χ1n) is 4.67. The van der Waals surface area contributed by atoms with E-state index in [0.29, 0.717) is 12.1 Å². The molecule has 0 bridgehead atoms. The Morgan fingerprint density at radius 1 is 1.11 bits per heavy atom. The zero-order valence-corrected chi connectivity index (χ0v) is 8.67. The molecule has 2 rings (SSSR count). The molecule has 18 heavy (non-hydrogen) atoms. The van der Waals surface area contributed by atoms with Crippen LogP contribution >= 0.6 is 0 Å². The van der Waals surface area contributed by atoms with E-state index in [1.807, 2.05) is 0 Å². The quantitative estimate of drug-likeness (QED) is 0.714. The summed E-state index contributed by atoms with van der Waals surface area (Å²) in [6.45, 7) is 0. The standard InChI is InChI=1S/C10H6F3N3O2/c11-4-1-6(13)7(2-5(4)12)14-10-15-8(17)3-9(18)16-10/h1-3H,(H3,14,15,16,17,18). The molecule has 8 heteroatoms. The van der Waals surface area contributed by atoms with E-state index in [2.05, 4.69) is 15.3 Å². The Labute approximate surface area is 97.9 Å². The monoisotopic (exact) mass is 257 g/mol. The van der Waals surface area contributed by atoms with E-state index in [-0.39, 0.29) is 5.95 Å². The van der Waals surface area contributed by atoms with Crippen molar-refractivity contribution in [3.63, 3.8) is 0 Å². The molecular formula is C10H6F3N3O2. The third kappa shape index (κ3) is 2.42. The van der Waals surface area contributed by atoms with Gasteiger partial charge in [-0.2, -0.15) is 4.98 Å². The Morgan fingerprint density at radius 2 is 1.78 bits per heavy atom. The molecule has 1 heterocycles. The number of aromatic hydroxyl groups is 1. The van der Waals surface area contributed by atoms with Crippen LogP contribution in [0.3, 0.4) is 0 Å². The van der Waals surface area contributed by atoms with Crippen LogP contribution in [0.2, 0.25) is 0 Å². The molecule has 0 fully saturated rings. The number of rotatable bonds is 2. The van der Waals surface area contributed by atoms with Crippen molar-refractivity contribution >= 4 is 11.6 Å². The van der Waals surface area contributed by atoms with Gasteiger partial charge in [0, 0.05) is 12.1 Å². The number of aromatic amines is 1. The average molecular weight is 257 g/mol. The van der Waals surface area contributed by atoms with Crippen LogP contribution < -0.4 is 10.9 Å². The van der Waals surface area contributed by atoms with Gasteiger partial charge in [0.1, 0.15) is 5.82 Å². The topological polar surface area (TPSA) is 78.0 Å². The summed E-state index contributed by atoms with van der Waals surface area (Å²) >= 11 is 0. The lowest BCUT2D eigenvalue weighted by molar-refractivity contribution is 0.452. The molecule has 5 nitrogen and oxygen atoms in total. The summed E-state index contributed by atoms with van der Waals surface area (Å²) in [6, 6.07) is 1.71. The van der Waals surface area contributed by atoms with Crippen LogP contribution in [-0.4, -0.2) is 15.1 Å². The summed E-state index contributed by atoms with van der Waals surface area (Å²) in [4.78, 5) is 16.5. The van der Waals surface area contributed by atoms with Crippen LogP contribution in [0.25, 0.3) is 0 Å². The van der Waals surface area contributed by atoms with Crippen molar-refractivity contribution in [2.75, 3.05) is 5.32 Å². The molecule has 0 atom stereocenters. The highest BCUT2D eigenvalue weighted by atomic mass is 19.2. The number of H-pyrrole nitrogens is 1. The largest absolute Gasteiger partial charge is 0.493 e. The number of benzene rings is 1. The van der Waals surface area contributed by atoms with E-state index in [0.717, 1.165) is 6.07 Å². The van der Waals surface area contributed by atoms with E-state index in [1.54, 1.807) is 0 Å². The summed E-state index contributed by atoms with van der Waals surface area (Å²) in [5.41, 5.74) is -1.12. The van der Waals surface area contributed by atoms with E-state index in [1.165, 1.54) is 0 Å². The smallest absolute Gasteiger partial charge is 0.256 e. The zero-order chi connectivity index (χ0) is 13.3. The summed E-state index contributed by atoms with van der Waals surface area (Å²) in [5.74, 6) is -4.56. The van der Waals surface area contributed by atoms with Crippen molar-refractivity contribution in [3.05, 3.63) is 46.0 Å². The predicted molar refractivity (Wildman–Crippen MR) is 56.1 cm³/mol. The van der Waals surface area contributed by atoms with Gasteiger partial charge in [-0.3, -0.25) is 9.78 Å². The lowest BCUT2D eigenvalue weighted by Gasteiger charge is -2.06. The van der Waals surface area contributed by atoms with Gasteiger partial charge in [0.2, 0.25) is 11.8 Å². The highest BCUT2D eigenvalue weighted by Crippen LogP contribution is 2.21. The minimum absolute atomic E-state index is 0.301. The first-order chi connectivity index (χ1) is 8.45. The van der Waals surface area contributed by atoms with Crippen molar-refractivity contribution in [2.45, 2.75) is 0 Å². The molecule has 0 saturated carbocycles. The van der Waals surface area contributed by atoms with Crippen LogP contribution in [0.4, 0.5) is 24.8 Å². The summed E-state index contributed by atoms with van der Waals surface area (Å²) in [5, 5.41) is 11.3. The zero-order valence-electron chi connectivity index (χ0n) is 8.67. The second kappa shape index (κ2) is 4.40. The van der Waals surface area contributed by atoms with Crippen LogP contribution in [0, 0.1) is 17.5 Å². The summed E-state index contributed by atoms with van der Waals surface area (Å²) in [6.07, 6.45) is 0. The minimum atomic E-state index is -1.34. The van der Waals surface area contributed by atoms with Gasteiger partial charge in [0.15, 0.2) is 11.6 Å². The van der Waals surface area contributed by atoms with Gasteiger partial charge in [0.05, 0.1) is 11.8 Å². The fourth-order valence-electron chi connectivity index (χ4n) is 1.25. The molecule has 0 radical (unpaired) electrons. The summed E-state index contributed by atoms with van der Waals surface area (Å²) in [7, 11) is 0. The molecule has 1 aromatic heterocycles. The van der Waals surface area contributed by atoms with Gasteiger partial charge < -0.3 is 10.4 Å². The van der Waals surface area contributed by atoms with Gasteiger partial charge in [-0.05, 0) is 0 Å². The maximum Gasteiger partial charge on any atom is 0.256 e. The third-order valence-corrected chi connectivity index (χ3v) is 1.99. The third-order valence-electron chi connectivity index (χ3n) is 1.99. The van der Waals surface area contributed by atoms with Gasteiger partial charge in [-0.25, -0.2) is 13.2 Å². The predicted octanol–water partition coefficient (Wildman–Crippen LogP) is 1.64. The molecule has 1 aromatic carbocycles. The number of nitrogens with zero attached hydrogens (tertiary/aromatic N) is 1. The first kappa shape index (κ1) is 12.0. The van der Waals surface area contributed by atoms with E-state index in [4.69, 9.17) is 5.11 Å². The SMILES string of the molecule is O=c1cc(O)nc(Nc2cc(F)c(F)cc2F)[nH]1. The van der Waals surface area contributed by atoms with Crippen molar-refractivity contribution in [2.24, 2.45) is 0 Å². The molecule has 94 valence electrons. The van der Waals surface area contributed by atoms with E-state index < -0.39 is 34.6 Å². The van der Waals surface area contributed by atoms with Crippen molar-refractivity contribution in [3.8, 4) is 5.88 Å². The van der Waals surface area contributed by atoms with Gasteiger partial charge in [0.25, 0.3) is 5.56 Å². The molecule has 0 spiro atoms. The molecule has 2 aromatic rings. The Bertz CT molecular complexity index is 657. The molecule has 0 saturated heterocycles. The fraction of sp³-hybridized carbons (Fsp3) is 0. The first-order valence-corrected chi connectivity index (χ1v) is 4.67. The molecule has 0 amide bonds. The molecule has 0 aliphatic rings. The van der Waals surface area contributed by atoms with Gasteiger partial charge >= 0.3 is 0 Å². The van der Waals surface area contributed by atoms with Crippen molar-refractivity contribution in [1.82, 2.24) is 9.97 Å². The maximum atomic E-state index is 13.3. The second-order valence-corrected chi connectivity index (χ2v) is 3.32. The summed E-state index contributed by atoms with van der Waals surface area (Å²) < 4.78 is 38.8. The lowest BCUT2D eigenvalue weighted by Crippen LogP contribution is -2.09. The highest BCUT2D eigenvalue weighted by molar-refractivity contribution is 5.54. The second-order valence-electron chi connectivity index (χ2n) is 3.32. The van der Waals surface area contributed by atoms with E-state index in [9.17, 15) is 18.0 Å². The molecule has 3 N–H and O–H groups in total. The Balaban J connectivity index is 2.39. The number of hydrogen-bond acceptors (Lipinski definition) is 4. The Kier molecular flexibility index (Phi) is 2.92. The van der Waals surface area contributed by atoms with Crippen LogP contribution in [0.15, 0.2) is 23.0 Å². The Hall–Kier alpha value is -2.51. The van der Waals surface area contributed by atoms with Crippen LogP contribution in [-0.2, 0) is 0 Å². The molecule has 0 aliphatic heterocycles. The number of aromatic nitrogens is 2. The minimum Gasteiger partial charge on any atom is -0.493 e. The molecule has 0 aliphatic carbocycles. The highest BCUT2D eigenvalue weighted by Gasteiger charge is 2.11. The number of halogens is 3. The number of hydrogen-bond donors (Lipinski definition) is 3. The molecule has 0 unspecified atom stereocenters. The molecular weight excluding hydrogens is 251 g/mol. The lowest BCUT2D eigenvalue weighted by atomic mass is 10.3. The average Bonchev–Trinajstić information content (AvgIpc) is 2.24. The van der Waals surface area contributed by atoms with Crippen LogP contribution in [0.5, 0.6) is 5.88 Å². The van der Waals surface area contributed by atoms with Gasteiger partial charge in [-0.15, -0.1) is 0 Å². The Morgan fingerprint density at radius 3 is 2.44 bits per heavy atom.